The molecular formula is C16H15N5O2. The Hall–Kier alpha value is -3.22. The van der Waals surface area contributed by atoms with Crippen LogP contribution >= 0.6 is 0 Å². The number of tetrazole rings is 1. The van der Waals surface area contributed by atoms with Crippen LogP contribution in [0.2, 0.25) is 0 Å². The molecule has 0 radical (unpaired) electrons. The van der Waals surface area contributed by atoms with E-state index in [0.717, 1.165) is 0 Å². The summed E-state index contributed by atoms with van der Waals surface area (Å²) in [5.41, 5.74) is 1.68. The third kappa shape index (κ3) is 3.18. The summed E-state index contributed by atoms with van der Waals surface area (Å²) in [5, 5.41) is 13.9. The van der Waals surface area contributed by atoms with Crippen LogP contribution in [0.3, 0.4) is 0 Å². The lowest BCUT2D eigenvalue weighted by Gasteiger charge is -2.12. The van der Waals surface area contributed by atoms with E-state index >= 15 is 0 Å². The van der Waals surface area contributed by atoms with E-state index < -0.39 is 0 Å². The van der Waals surface area contributed by atoms with Gasteiger partial charge in [0.2, 0.25) is 0 Å². The fraction of sp³-hybridized carbons (Fsp3) is 0.125. The van der Waals surface area contributed by atoms with E-state index in [1.807, 2.05) is 31.2 Å². The number of amides is 1. The Bertz CT molecular complexity index is 802. The number of para-hydroxylation sites is 3. The summed E-state index contributed by atoms with van der Waals surface area (Å²) in [4.78, 5) is 12.6. The molecule has 0 unspecified atom stereocenters. The van der Waals surface area contributed by atoms with Crippen molar-refractivity contribution >= 4 is 11.6 Å². The summed E-state index contributed by atoms with van der Waals surface area (Å²) >= 11 is 0. The predicted octanol–water partition coefficient (Wildman–Crippen LogP) is 2.31. The van der Waals surface area contributed by atoms with E-state index in [-0.39, 0.29) is 5.91 Å². The van der Waals surface area contributed by atoms with Crippen molar-refractivity contribution in [1.29, 1.82) is 0 Å². The highest BCUT2D eigenvalue weighted by Crippen LogP contribution is 2.25. The zero-order valence-electron chi connectivity index (χ0n) is 12.5. The Balaban J connectivity index is 1.91. The van der Waals surface area contributed by atoms with Crippen LogP contribution in [-0.2, 0) is 0 Å². The Morgan fingerprint density at radius 2 is 1.96 bits per heavy atom. The first-order valence-corrected chi connectivity index (χ1v) is 7.15. The number of anilines is 1. The van der Waals surface area contributed by atoms with Crippen LogP contribution in [0.1, 0.15) is 17.3 Å². The first-order chi connectivity index (χ1) is 11.3. The van der Waals surface area contributed by atoms with Crippen LogP contribution in [0.25, 0.3) is 5.69 Å². The van der Waals surface area contributed by atoms with Gasteiger partial charge in [-0.15, -0.1) is 5.10 Å². The molecule has 1 aromatic heterocycles. The van der Waals surface area contributed by atoms with Crippen LogP contribution in [0.4, 0.5) is 5.69 Å². The lowest BCUT2D eigenvalue weighted by Crippen LogP contribution is -2.16. The van der Waals surface area contributed by atoms with E-state index in [2.05, 4.69) is 20.8 Å². The average Bonchev–Trinajstić information content (AvgIpc) is 3.11. The van der Waals surface area contributed by atoms with Gasteiger partial charge < -0.3 is 10.1 Å². The number of benzene rings is 2. The molecule has 1 N–H and O–H groups in total. The van der Waals surface area contributed by atoms with Crippen molar-refractivity contribution in [2.75, 3.05) is 11.9 Å². The van der Waals surface area contributed by atoms with Gasteiger partial charge in [0.15, 0.2) is 0 Å². The molecule has 7 heteroatoms. The van der Waals surface area contributed by atoms with E-state index in [1.54, 1.807) is 24.3 Å². The summed E-state index contributed by atoms with van der Waals surface area (Å²) < 4.78 is 6.97. The number of nitrogens with one attached hydrogen (secondary N) is 1. The van der Waals surface area contributed by atoms with Crippen LogP contribution in [0, 0.1) is 0 Å². The van der Waals surface area contributed by atoms with Gasteiger partial charge in [-0.25, -0.2) is 0 Å². The Kier molecular flexibility index (Phi) is 4.28. The van der Waals surface area contributed by atoms with Gasteiger partial charge in [-0.2, -0.15) is 4.68 Å². The first-order valence-electron chi connectivity index (χ1n) is 7.15. The molecule has 0 atom stereocenters. The molecule has 3 rings (SSSR count). The van der Waals surface area contributed by atoms with E-state index in [0.29, 0.717) is 29.3 Å². The molecule has 1 heterocycles. The average molecular weight is 309 g/mol. The highest BCUT2D eigenvalue weighted by Gasteiger charge is 2.15. The van der Waals surface area contributed by atoms with Gasteiger partial charge in [0.25, 0.3) is 5.91 Å². The Morgan fingerprint density at radius 3 is 2.74 bits per heavy atom. The maximum absolute atomic E-state index is 12.6. The van der Waals surface area contributed by atoms with Gasteiger partial charge >= 0.3 is 0 Å². The minimum Gasteiger partial charge on any atom is -0.492 e. The maximum Gasteiger partial charge on any atom is 0.257 e. The van der Waals surface area contributed by atoms with Gasteiger partial charge in [0.05, 0.1) is 23.5 Å². The molecule has 0 bridgehead atoms. The number of hydrogen-bond acceptors (Lipinski definition) is 5. The molecule has 0 saturated heterocycles. The van der Waals surface area contributed by atoms with Gasteiger partial charge in [-0.1, -0.05) is 24.3 Å². The molecule has 2 aromatic carbocycles. The third-order valence-corrected chi connectivity index (χ3v) is 3.18. The van der Waals surface area contributed by atoms with Crippen molar-refractivity contribution in [1.82, 2.24) is 20.2 Å². The predicted molar refractivity (Wildman–Crippen MR) is 84.7 cm³/mol. The maximum atomic E-state index is 12.6. The number of aromatic nitrogens is 4. The van der Waals surface area contributed by atoms with Crippen molar-refractivity contribution in [3.63, 3.8) is 0 Å². The SMILES string of the molecule is CCOc1ccccc1NC(=O)c1ccccc1-n1cnnn1. The van der Waals surface area contributed by atoms with Crippen LogP contribution in [0.5, 0.6) is 5.75 Å². The summed E-state index contributed by atoms with van der Waals surface area (Å²) in [5.74, 6) is 0.367. The summed E-state index contributed by atoms with van der Waals surface area (Å²) in [6.45, 7) is 2.42. The van der Waals surface area contributed by atoms with Crippen LogP contribution < -0.4 is 10.1 Å². The highest BCUT2D eigenvalue weighted by atomic mass is 16.5. The second kappa shape index (κ2) is 6.69. The molecule has 0 aliphatic rings. The number of carbonyl (C=O) groups excluding carboxylic acids is 1. The van der Waals surface area contributed by atoms with Crippen molar-refractivity contribution in [2.45, 2.75) is 6.92 Å². The van der Waals surface area contributed by atoms with Crippen LogP contribution in [-0.4, -0.2) is 32.7 Å². The van der Waals surface area contributed by atoms with Gasteiger partial charge in [-0.05, 0) is 41.6 Å². The zero-order valence-corrected chi connectivity index (χ0v) is 12.5. The topological polar surface area (TPSA) is 81.9 Å². The van der Waals surface area contributed by atoms with Crippen molar-refractivity contribution in [2.24, 2.45) is 0 Å². The quantitative estimate of drug-likeness (QED) is 0.782. The molecule has 0 spiro atoms. The smallest absolute Gasteiger partial charge is 0.257 e. The van der Waals surface area contributed by atoms with E-state index in [4.69, 9.17) is 4.74 Å². The molecule has 7 nitrogen and oxygen atoms in total. The molecule has 1 amide bonds. The van der Waals surface area contributed by atoms with Gasteiger partial charge in [0, 0.05) is 0 Å². The normalized spacial score (nSPS) is 10.3. The molecule has 3 aromatic rings. The van der Waals surface area contributed by atoms with E-state index in [1.165, 1.54) is 11.0 Å². The Morgan fingerprint density at radius 1 is 1.17 bits per heavy atom. The molecule has 0 fully saturated rings. The number of rotatable bonds is 5. The fourth-order valence-corrected chi connectivity index (χ4v) is 2.18. The summed E-state index contributed by atoms with van der Waals surface area (Å²) in [6, 6.07) is 14.4. The minimum absolute atomic E-state index is 0.261. The Labute approximate surface area is 132 Å². The molecular weight excluding hydrogens is 294 g/mol. The zero-order chi connectivity index (χ0) is 16.1. The molecule has 0 aliphatic carbocycles. The lowest BCUT2D eigenvalue weighted by molar-refractivity contribution is 0.102. The highest BCUT2D eigenvalue weighted by molar-refractivity contribution is 6.07. The third-order valence-electron chi connectivity index (χ3n) is 3.18. The number of carbonyl (C=O) groups is 1. The first kappa shape index (κ1) is 14.7. The van der Waals surface area contributed by atoms with E-state index in [9.17, 15) is 4.79 Å². The standard InChI is InChI=1S/C16H15N5O2/c1-2-23-15-10-6-4-8-13(15)18-16(22)12-7-3-5-9-14(12)21-11-17-19-20-21/h3-11H,2H2,1H3,(H,18,22). The largest absolute Gasteiger partial charge is 0.492 e. The van der Waals surface area contributed by atoms with Crippen molar-refractivity contribution in [3.05, 3.63) is 60.4 Å². The second-order valence-corrected chi connectivity index (χ2v) is 4.65. The minimum atomic E-state index is -0.261. The lowest BCUT2D eigenvalue weighted by atomic mass is 10.1. The van der Waals surface area contributed by atoms with Gasteiger partial charge in [0.1, 0.15) is 12.1 Å². The fourth-order valence-electron chi connectivity index (χ4n) is 2.18. The van der Waals surface area contributed by atoms with Crippen molar-refractivity contribution < 1.29 is 9.53 Å². The molecule has 0 saturated carbocycles. The molecule has 0 aliphatic heterocycles. The number of nitrogens with zero attached hydrogens (tertiary/aromatic N) is 4. The molecule has 116 valence electrons. The summed E-state index contributed by atoms with van der Waals surface area (Å²) in [7, 11) is 0. The van der Waals surface area contributed by atoms with Gasteiger partial charge in [-0.3, -0.25) is 4.79 Å². The molecule has 23 heavy (non-hydrogen) atoms. The number of hydrogen-bond donors (Lipinski definition) is 1. The number of ether oxygens (including phenoxy) is 1. The second-order valence-electron chi connectivity index (χ2n) is 4.65. The summed E-state index contributed by atoms with van der Waals surface area (Å²) in [6.07, 6.45) is 1.44. The monoisotopic (exact) mass is 309 g/mol. The van der Waals surface area contributed by atoms with Crippen molar-refractivity contribution in [3.8, 4) is 11.4 Å². The van der Waals surface area contributed by atoms with Crippen LogP contribution in [0.15, 0.2) is 54.9 Å².